The van der Waals surface area contributed by atoms with E-state index >= 15 is 0 Å². The predicted octanol–water partition coefficient (Wildman–Crippen LogP) is 2.61. The van der Waals surface area contributed by atoms with Gasteiger partial charge in [-0.15, -0.1) is 12.4 Å². The average Bonchev–Trinajstić information content (AvgIpc) is 2.49. The third-order valence-corrected chi connectivity index (χ3v) is 4.47. The van der Waals surface area contributed by atoms with E-state index in [2.05, 4.69) is 17.1 Å². The molecule has 4 nitrogen and oxygen atoms in total. The highest BCUT2D eigenvalue weighted by atomic mass is 35.5. The number of morpholine rings is 1. The molecule has 1 heterocycles. The molecule has 0 aromatic heterocycles. The number of nitrogens with zero attached hydrogens (tertiary/aromatic N) is 1. The zero-order valence-electron chi connectivity index (χ0n) is 13.3. The van der Waals surface area contributed by atoms with Crippen molar-refractivity contribution in [2.75, 3.05) is 32.8 Å². The van der Waals surface area contributed by atoms with E-state index in [0.717, 1.165) is 38.6 Å². The van der Waals surface area contributed by atoms with Crippen LogP contribution in [0.15, 0.2) is 0 Å². The quantitative estimate of drug-likeness (QED) is 0.818. The normalized spacial score (nSPS) is 23.4. The van der Waals surface area contributed by atoms with Crippen LogP contribution in [0.2, 0.25) is 0 Å². The van der Waals surface area contributed by atoms with E-state index in [0.29, 0.717) is 18.9 Å². The first kappa shape index (κ1) is 18.7. The van der Waals surface area contributed by atoms with Gasteiger partial charge in [0.05, 0.1) is 13.2 Å². The van der Waals surface area contributed by atoms with E-state index < -0.39 is 0 Å². The molecule has 21 heavy (non-hydrogen) atoms. The van der Waals surface area contributed by atoms with Gasteiger partial charge in [-0.05, 0) is 25.2 Å². The smallest absolute Gasteiger partial charge is 0.224 e. The molecule has 1 saturated carbocycles. The van der Waals surface area contributed by atoms with Gasteiger partial charge in [-0.3, -0.25) is 4.79 Å². The fourth-order valence-corrected chi connectivity index (χ4v) is 3.36. The lowest BCUT2D eigenvalue weighted by Gasteiger charge is -2.31. The Balaban J connectivity index is 0.00000220. The number of amides is 1. The SMILES string of the molecule is CCCN(CC1CCCCC1)C(=O)CC1COCCN1.Cl. The summed E-state index contributed by atoms with van der Waals surface area (Å²) in [6, 6.07) is 0.210. The molecule has 1 aliphatic carbocycles. The van der Waals surface area contributed by atoms with Crippen molar-refractivity contribution < 1.29 is 9.53 Å². The summed E-state index contributed by atoms with van der Waals surface area (Å²) in [7, 11) is 0. The Morgan fingerprint density at radius 2 is 2.05 bits per heavy atom. The molecule has 1 unspecified atom stereocenters. The van der Waals surface area contributed by atoms with Crippen LogP contribution in [0.1, 0.15) is 51.9 Å². The fraction of sp³-hybridized carbons (Fsp3) is 0.938. The van der Waals surface area contributed by atoms with Gasteiger partial charge < -0.3 is 15.0 Å². The first-order valence-corrected chi connectivity index (χ1v) is 8.38. The predicted molar refractivity (Wildman–Crippen MR) is 87.9 cm³/mol. The van der Waals surface area contributed by atoms with Gasteiger partial charge in [0.25, 0.3) is 0 Å². The number of carbonyl (C=O) groups excluding carboxylic acids is 1. The third kappa shape index (κ3) is 6.54. The molecule has 0 spiro atoms. The van der Waals surface area contributed by atoms with Crippen molar-refractivity contribution in [2.45, 2.75) is 57.9 Å². The molecule has 2 rings (SSSR count). The van der Waals surface area contributed by atoms with E-state index in [1.165, 1.54) is 32.1 Å². The van der Waals surface area contributed by atoms with Crippen LogP contribution in [0.5, 0.6) is 0 Å². The molecule has 0 aromatic rings. The molecular formula is C16H31ClN2O2. The second kappa shape index (κ2) is 10.4. The highest BCUT2D eigenvalue weighted by Gasteiger charge is 2.23. The Kier molecular flexibility index (Phi) is 9.29. The minimum atomic E-state index is 0. The molecule has 1 atom stereocenters. The number of carbonyl (C=O) groups is 1. The summed E-state index contributed by atoms with van der Waals surface area (Å²) in [6.07, 6.45) is 8.31. The highest BCUT2D eigenvalue weighted by Crippen LogP contribution is 2.24. The van der Waals surface area contributed by atoms with E-state index in [9.17, 15) is 4.79 Å². The van der Waals surface area contributed by atoms with Gasteiger partial charge in [0.1, 0.15) is 0 Å². The van der Waals surface area contributed by atoms with Crippen molar-refractivity contribution >= 4 is 18.3 Å². The Morgan fingerprint density at radius 3 is 2.67 bits per heavy atom. The lowest BCUT2D eigenvalue weighted by atomic mass is 9.89. The zero-order valence-corrected chi connectivity index (χ0v) is 14.1. The first-order valence-electron chi connectivity index (χ1n) is 8.38. The molecule has 2 aliphatic rings. The van der Waals surface area contributed by atoms with Crippen molar-refractivity contribution in [3.05, 3.63) is 0 Å². The minimum Gasteiger partial charge on any atom is -0.378 e. The van der Waals surface area contributed by atoms with Crippen LogP contribution in [0.3, 0.4) is 0 Å². The topological polar surface area (TPSA) is 41.6 Å². The Hall–Kier alpha value is -0.320. The second-order valence-electron chi connectivity index (χ2n) is 6.27. The van der Waals surface area contributed by atoms with Gasteiger partial charge in [0.2, 0.25) is 5.91 Å². The standard InChI is InChI=1S/C16H30N2O2.ClH/c1-2-9-18(12-14-6-4-3-5-7-14)16(19)11-15-13-20-10-8-17-15;/h14-15,17H,2-13H2,1H3;1H. The van der Waals surface area contributed by atoms with Crippen LogP contribution in [0.4, 0.5) is 0 Å². The van der Waals surface area contributed by atoms with Gasteiger partial charge in [0, 0.05) is 32.1 Å². The van der Waals surface area contributed by atoms with Crippen molar-refractivity contribution in [1.29, 1.82) is 0 Å². The summed E-state index contributed by atoms with van der Waals surface area (Å²) < 4.78 is 5.44. The lowest BCUT2D eigenvalue weighted by Crippen LogP contribution is -2.46. The fourth-order valence-electron chi connectivity index (χ4n) is 3.36. The summed E-state index contributed by atoms with van der Waals surface area (Å²) in [5, 5.41) is 3.38. The molecule has 124 valence electrons. The van der Waals surface area contributed by atoms with Crippen LogP contribution in [0.25, 0.3) is 0 Å². The van der Waals surface area contributed by atoms with Gasteiger partial charge >= 0.3 is 0 Å². The number of ether oxygens (including phenoxy) is 1. The monoisotopic (exact) mass is 318 g/mol. The number of rotatable bonds is 6. The van der Waals surface area contributed by atoms with Gasteiger partial charge in [-0.1, -0.05) is 26.2 Å². The minimum absolute atomic E-state index is 0. The highest BCUT2D eigenvalue weighted by molar-refractivity contribution is 5.85. The van der Waals surface area contributed by atoms with Crippen LogP contribution in [-0.4, -0.2) is 49.7 Å². The van der Waals surface area contributed by atoms with E-state index in [-0.39, 0.29) is 18.4 Å². The molecular weight excluding hydrogens is 288 g/mol. The van der Waals surface area contributed by atoms with Crippen molar-refractivity contribution in [2.24, 2.45) is 5.92 Å². The van der Waals surface area contributed by atoms with Crippen LogP contribution >= 0.6 is 12.4 Å². The molecule has 0 aromatic carbocycles. The van der Waals surface area contributed by atoms with E-state index in [1.54, 1.807) is 0 Å². The van der Waals surface area contributed by atoms with Gasteiger partial charge in [0.15, 0.2) is 0 Å². The Labute approximate surface area is 135 Å². The Morgan fingerprint density at radius 1 is 1.29 bits per heavy atom. The molecule has 1 aliphatic heterocycles. The van der Waals surface area contributed by atoms with Crippen molar-refractivity contribution in [3.8, 4) is 0 Å². The zero-order chi connectivity index (χ0) is 14.2. The number of hydrogen-bond donors (Lipinski definition) is 1. The maximum atomic E-state index is 12.5. The van der Waals surface area contributed by atoms with E-state index in [1.807, 2.05) is 0 Å². The second-order valence-corrected chi connectivity index (χ2v) is 6.27. The average molecular weight is 319 g/mol. The van der Waals surface area contributed by atoms with Crippen LogP contribution in [0, 0.1) is 5.92 Å². The molecule has 0 radical (unpaired) electrons. The molecule has 1 N–H and O–H groups in total. The first-order chi connectivity index (χ1) is 9.79. The number of nitrogens with one attached hydrogen (secondary N) is 1. The largest absolute Gasteiger partial charge is 0.378 e. The molecule has 2 fully saturated rings. The summed E-state index contributed by atoms with van der Waals surface area (Å²) in [6.45, 7) is 6.35. The van der Waals surface area contributed by atoms with E-state index in [4.69, 9.17) is 4.74 Å². The summed E-state index contributed by atoms with van der Waals surface area (Å²) in [4.78, 5) is 14.6. The van der Waals surface area contributed by atoms with Crippen molar-refractivity contribution in [3.63, 3.8) is 0 Å². The number of hydrogen-bond acceptors (Lipinski definition) is 3. The van der Waals surface area contributed by atoms with Gasteiger partial charge in [-0.25, -0.2) is 0 Å². The maximum Gasteiger partial charge on any atom is 0.224 e. The van der Waals surface area contributed by atoms with Gasteiger partial charge in [-0.2, -0.15) is 0 Å². The van der Waals surface area contributed by atoms with Crippen LogP contribution in [-0.2, 0) is 9.53 Å². The number of halogens is 1. The Bertz CT molecular complexity index is 290. The lowest BCUT2D eigenvalue weighted by molar-refractivity contribution is -0.133. The molecule has 1 saturated heterocycles. The van der Waals surface area contributed by atoms with Crippen molar-refractivity contribution in [1.82, 2.24) is 10.2 Å². The summed E-state index contributed by atoms with van der Waals surface area (Å²) >= 11 is 0. The summed E-state index contributed by atoms with van der Waals surface area (Å²) in [5.41, 5.74) is 0. The summed E-state index contributed by atoms with van der Waals surface area (Å²) in [5.74, 6) is 1.04. The van der Waals surface area contributed by atoms with Crippen LogP contribution < -0.4 is 5.32 Å². The third-order valence-electron chi connectivity index (χ3n) is 4.47. The molecule has 0 bridgehead atoms. The maximum absolute atomic E-state index is 12.5. The molecule has 5 heteroatoms. The molecule has 1 amide bonds.